The zero-order valence-corrected chi connectivity index (χ0v) is 12.9. The SMILES string of the molecule is CC(NC(=O)COc1cc2ccccc2cc1C(=O)O)C1CC1. The van der Waals surface area contributed by atoms with Crippen LogP contribution in [0.2, 0.25) is 0 Å². The molecule has 1 unspecified atom stereocenters. The lowest BCUT2D eigenvalue weighted by atomic mass is 10.1. The Hall–Kier alpha value is -2.56. The number of benzene rings is 2. The molecule has 23 heavy (non-hydrogen) atoms. The average Bonchev–Trinajstić information content (AvgIpc) is 3.36. The molecule has 0 heterocycles. The van der Waals surface area contributed by atoms with Crippen molar-refractivity contribution in [2.45, 2.75) is 25.8 Å². The van der Waals surface area contributed by atoms with E-state index >= 15 is 0 Å². The maximum atomic E-state index is 11.9. The summed E-state index contributed by atoms with van der Waals surface area (Å²) in [7, 11) is 0. The zero-order chi connectivity index (χ0) is 16.4. The standard InChI is InChI=1S/C18H19NO4/c1-11(12-6-7-12)19-17(20)10-23-16-9-14-5-3-2-4-13(14)8-15(16)18(21)22/h2-5,8-9,11-12H,6-7,10H2,1H3,(H,19,20)(H,21,22). The van der Waals surface area contributed by atoms with E-state index in [2.05, 4.69) is 5.32 Å². The number of carboxylic acid groups (broad SMARTS) is 1. The van der Waals surface area contributed by atoms with Crippen LogP contribution in [0, 0.1) is 5.92 Å². The number of fused-ring (bicyclic) bond motifs is 1. The maximum Gasteiger partial charge on any atom is 0.339 e. The molecule has 5 nitrogen and oxygen atoms in total. The minimum Gasteiger partial charge on any atom is -0.483 e. The summed E-state index contributed by atoms with van der Waals surface area (Å²) in [5, 5.41) is 13.9. The number of carbonyl (C=O) groups is 2. The highest BCUT2D eigenvalue weighted by Crippen LogP contribution is 2.32. The number of carbonyl (C=O) groups excluding carboxylic acids is 1. The van der Waals surface area contributed by atoms with E-state index in [4.69, 9.17) is 4.74 Å². The molecule has 1 saturated carbocycles. The molecular formula is C18H19NO4. The van der Waals surface area contributed by atoms with Gasteiger partial charge in [0.15, 0.2) is 6.61 Å². The second-order valence-corrected chi connectivity index (χ2v) is 5.98. The molecule has 1 amide bonds. The Balaban J connectivity index is 1.74. The predicted octanol–water partition coefficient (Wildman–Crippen LogP) is 2.83. The number of rotatable bonds is 6. The molecule has 5 heteroatoms. The van der Waals surface area contributed by atoms with Gasteiger partial charge in [0.1, 0.15) is 11.3 Å². The quantitative estimate of drug-likeness (QED) is 0.860. The highest BCUT2D eigenvalue weighted by molar-refractivity contribution is 5.97. The van der Waals surface area contributed by atoms with E-state index in [1.165, 1.54) is 0 Å². The lowest BCUT2D eigenvalue weighted by Crippen LogP contribution is -2.37. The van der Waals surface area contributed by atoms with E-state index in [1.807, 2.05) is 31.2 Å². The summed E-state index contributed by atoms with van der Waals surface area (Å²) in [4.78, 5) is 23.3. The Labute approximate surface area is 134 Å². The Morgan fingerprint density at radius 1 is 1.26 bits per heavy atom. The molecule has 2 aromatic carbocycles. The number of hydrogen-bond donors (Lipinski definition) is 2. The van der Waals surface area contributed by atoms with Crippen molar-refractivity contribution in [3.05, 3.63) is 42.0 Å². The van der Waals surface area contributed by atoms with Crippen molar-refractivity contribution in [2.24, 2.45) is 5.92 Å². The number of amides is 1. The Morgan fingerprint density at radius 3 is 2.52 bits per heavy atom. The van der Waals surface area contributed by atoms with Crippen LogP contribution in [-0.2, 0) is 4.79 Å². The first-order valence-electron chi connectivity index (χ1n) is 7.73. The van der Waals surface area contributed by atoms with Crippen molar-refractivity contribution in [3.8, 4) is 5.75 Å². The van der Waals surface area contributed by atoms with Crippen molar-refractivity contribution in [1.82, 2.24) is 5.32 Å². The number of ether oxygens (including phenoxy) is 1. The monoisotopic (exact) mass is 313 g/mol. The van der Waals surface area contributed by atoms with Crippen LogP contribution < -0.4 is 10.1 Å². The van der Waals surface area contributed by atoms with Crippen molar-refractivity contribution >= 4 is 22.6 Å². The van der Waals surface area contributed by atoms with Crippen LogP contribution in [0.5, 0.6) is 5.75 Å². The Morgan fingerprint density at radius 2 is 1.91 bits per heavy atom. The van der Waals surface area contributed by atoms with E-state index in [-0.39, 0.29) is 29.9 Å². The van der Waals surface area contributed by atoms with E-state index < -0.39 is 5.97 Å². The second kappa shape index (κ2) is 6.28. The van der Waals surface area contributed by atoms with Crippen LogP contribution in [0.3, 0.4) is 0 Å². The predicted molar refractivity (Wildman–Crippen MR) is 86.7 cm³/mol. The molecule has 2 aromatic rings. The van der Waals surface area contributed by atoms with Gasteiger partial charge in [0, 0.05) is 6.04 Å². The van der Waals surface area contributed by atoms with Gasteiger partial charge in [0.25, 0.3) is 5.91 Å². The summed E-state index contributed by atoms with van der Waals surface area (Å²) in [6.07, 6.45) is 2.30. The zero-order valence-electron chi connectivity index (χ0n) is 12.9. The van der Waals surface area contributed by atoms with Gasteiger partial charge in [0.05, 0.1) is 0 Å². The van der Waals surface area contributed by atoms with Gasteiger partial charge in [0.2, 0.25) is 0 Å². The van der Waals surface area contributed by atoms with Crippen LogP contribution in [0.25, 0.3) is 10.8 Å². The molecule has 2 N–H and O–H groups in total. The summed E-state index contributed by atoms with van der Waals surface area (Å²) in [5.41, 5.74) is 0.0618. The third-order valence-electron chi connectivity index (χ3n) is 4.15. The Kier molecular flexibility index (Phi) is 4.19. The lowest BCUT2D eigenvalue weighted by molar-refractivity contribution is -0.123. The number of nitrogens with one attached hydrogen (secondary N) is 1. The van der Waals surface area contributed by atoms with Crippen molar-refractivity contribution in [1.29, 1.82) is 0 Å². The summed E-state index contributed by atoms with van der Waals surface area (Å²) in [6.45, 7) is 1.80. The molecule has 0 aliphatic heterocycles. The van der Waals surface area contributed by atoms with Crippen molar-refractivity contribution in [3.63, 3.8) is 0 Å². The highest BCUT2D eigenvalue weighted by atomic mass is 16.5. The third-order valence-corrected chi connectivity index (χ3v) is 4.15. The van der Waals surface area contributed by atoms with Gasteiger partial charge < -0.3 is 15.2 Å². The molecule has 0 saturated heterocycles. The molecule has 120 valence electrons. The largest absolute Gasteiger partial charge is 0.483 e. The molecule has 0 aromatic heterocycles. The van der Waals surface area contributed by atoms with E-state index in [0.717, 1.165) is 23.6 Å². The maximum absolute atomic E-state index is 11.9. The summed E-state index contributed by atoms with van der Waals surface area (Å²) >= 11 is 0. The lowest BCUT2D eigenvalue weighted by Gasteiger charge is -2.14. The minimum atomic E-state index is -1.07. The smallest absolute Gasteiger partial charge is 0.339 e. The fourth-order valence-corrected chi connectivity index (χ4v) is 2.66. The summed E-state index contributed by atoms with van der Waals surface area (Å²) < 4.78 is 5.48. The van der Waals surface area contributed by atoms with Gasteiger partial charge >= 0.3 is 5.97 Å². The van der Waals surface area contributed by atoms with Crippen LogP contribution >= 0.6 is 0 Å². The van der Waals surface area contributed by atoms with Gasteiger partial charge in [-0.3, -0.25) is 4.79 Å². The van der Waals surface area contributed by atoms with Crippen LogP contribution in [0.1, 0.15) is 30.1 Å². The van der Waals surface area contributed by atoms with E-state index in [9.17, 15) is 14.7 Å². The molecule has 0 spiro atoms. The molecule has 1 aliphatic carbocycles. The fraction of sp³-hybridized carbons (Fsp3) is 0.333. The van der Waals surface area contributed by atoms with E-state index in [0.29, 0.717) is 5.92 Å². The fourth-order valence-electron chi connectivity index (χ4n) is 2.66. The van der Waals surface area contributed by atoms with Gasteiger partial charge in [-0.05, 0) is 48.6 Å². The molecule has 0 radical (unpaired) electrons. The van der Waals surface area contributed by atoms with E-state index in [1.54, 1.807) is 12.1 Å². The number of carboxylic acids is 1. The molecule has 3 rings (SSSR count). The average molecular weight is 313 g/mol. The number of aromatic carboxylic acids is 1. The summed E-state index contributed by atoms with van der Waals surface area (Å²) in [5.74, 6) is -0.522. The molecule has 1 aliphatic rings. The summed E-state index contributed by atoms with van der Waals surface area (Å²) in [6, 6.07) is 10.8. The van der Waals surface area contributed by atoms with Crippen LogP contribution in [-0.4, -0.2) is 29.6 Å². The highest BCUT2D eigenvalue weighted by Gasteiger charge is 2.28. The minimum absolute atomic E-state index is 0.0618. The van der Waals surface area contributed by atoms with Crippen LogP contribution in [0.15, 0.2) is 36.4 Å². The first-order valence-corrected chi connectivity index (χ1v) is 7.73. The second-order valence-electron chi connectivity index (χ2n) is 5.98. The first kappa shape index (κ1) is 15.3. The van der Waals surface area contributed by atoms with Gasteiger partial charge in [-0.15, -0.1) is 0 Å². The third kappa shape index (κ3) is 3.62. The van der Waals surface area contributed by atoms with Crippen LogP contribution in [0.4, 0.5) is 0 Å². The normalized spacial score (nSPS) is 15.2. The molecular weight excluding hydrogens is 294 g/mol. The molecule has 1 fully saturated rings. The van der Waals surface area contributed by atoms with Crippen molar-refractivity contribution in [2.75, 3.05) is 6.61 Å². The number of hydrogen-bond acceptors (Lipinski definition) is 3. The van der Waals surface area contributed by atoms with Gasteiger partial charge in [-0.25, -0.2) is 4.79 Å². The molecule has 0 bridgehead atoms. The topological polar surface area (TPSA) is 75.6 Å². The van der Waals surface area contributed by atoms with Gasteiger partial charge in [-0.2, -0.15) is 0 Å². The first-order chi connectivity index (χ1) is 11.0. The van der Waals surface area contributed by atoms with Crippen molar-refractivity contribution < 1.29 is 19.4 Å². The molecule has 1 atom stereocenters. The Bertz CT molecular complexity index is 752. The van der Waals surface area contributed by atoms with Gasteiger partial charge in [-0.1, -0.05) is 24.3 Å².